The van der Waals surface area contributed by atoms with Gasteiger partial charge in [0.05, 0.1) is 7.11 Å². The van der Waals surface area contributed by atoms with Crippen LogP contribution in [-0.2, 0) is 50.9 Å². The van der Waals surface area contributed by atoms with Crippen molar-refractivity contribution in [3.8, 4) is 16.9 Å². The molecule has 0 aromatic heterocycles. The Kier molecular flexibility index (Phi) is 8.12. The number of fused-ring (bicyclic) bond motifs is 2. The van der Waals surface area contributed by atoms with E-state index in [-0.39, 0.29) is 10.8 Å². The fraction of sp³-hybridized carbons (Fsp3) is 0.500. The molecule has 2 aromatic rings. The molecule has 0 aliphatic heterocycles. The van der Waals surface area contributed by atoms with Crippen molar-refractivity contribution in [1.29, 1.82) is 0 Å². The molecule has 0 bridgehead atoms. The van der Waals surface area contributed by atoms with Crippen LogP contribution in [0.4, 0.5) is 0 Å². The van der Waals surface area contributed by atoms with E-state index in [2.05, 4.69) is 72.7 Å². The van der Waals surface area contributed by atoms with Gasteiger partial charge in [-0.3, -0.25) is 0 Å². The van der Waals surface area contributed by atoms with Crippen LogP contribution in [0.15, 0.2) is 23.8 Å². The number of methoxy groups -OCH3 is 1. The number of allylic oxidation sites excluding steroid dienone is 1. The van der Waals surface area contributed by atoms with E-state index in [1.165, 1.54) is 58.2 Å². The van der Waals surface area contributed by atoms with Gasteiger partial charge >= 0.3 is 37.9 Å². The molecule has 0 atom stereocenters. The molecule has 0 saturated heterocycles. The van der Waals surface area contributed by atoms with E-state index in [4.69, 9.17) is 21.8 Å². The van der Waals surface area contributed by atoms with Gasteiger partial charge in [-0.25, -0.2) is 0 Å². The Morgan fingerprint density at radius 2 is 1.44 bits per heavy atom. The first-order chi connectivity index (χ1) is 14.9. The number of benzene rings is 2. The zero-order valence-electron chi connectivity index (χ0n) is 20.8. The van der Waals surface area contributed by atoms with Crippen LogP contribution in [0.1, 0.15) is 88.3 Å². The van der Waals surface area contributed by atoms with E-state index >= 15 is 0 Å². The van der Waals surface area contributed by atoms with E-state index in [0.717, 1.165) is 12.2 Å². The average molecular weight is 551 g/mol. The van der Waals surface area contributed by atoms with E-state index < -0.39 is 20.8 Å². The standard InChI is InChI=1S/C28H36O.2ClH.Zr/c1-17-12-19-14-18-10-9-11-21(18)25(22(19)13-17)20-15-23(27(2,3)4)26(29-8)24(16-20)28(5,6)7;;;/h13-16H,9-12H2,1-8H3;2*1H;/q;;;+2/p-2. The Morgan fingerprint density at radius 1 is 0.875 bits per heavy atom. The summed E-state index contributed by atoms with van der Waals surface area (Å²) < 4.78 is 6.01. The molecule has 1 nitrogen and oxygen atoms in total. The molecule has 0 spiro atoms. The van der Waals surface area contributed by atoms with Gasteiger partial charge in [-0.05, 0) is 89.0 Å². The molecule has 0 unspecified atom stereocenters. The Bertz CT molecular complexity index is 1000. The van der Waals surface area contributed by atoms with Gasteiger partial charge in [0.1, 0.15) is 5.75 Å². The van der Waals surface area contributed by atoms with Crippen LogP contribution < -0.4 is 4.74 Å². The van der Waals surface area contributed by atoms with Gasteiger partial charge < -0.3 is 4.74 Å². The maximum absolute atomic E-state index is 6.01. The van der Waals surface area contributed by atoms with Crippen molar-refractivity contribution in [2.24, 2.45) is 0 Å². The predicted molar refractivity (Wildman–Crippen MR) is 137 cm³/mol. The van der Waals surface area contributed by atoms with Crippen LogP contribution in [0.25, 0.3) is 17.2 Å². The minimum atomic E-state index is -0.826. The number of hydrogen-bond acceptors (Lipinski definition) is 1. The number of ether oxygens (including phenoxy) is 1. The van der Waals surface area contributed by atoms with Crippen LogP contribution in [0.3, 0.4) is 0 Å². The third kappa shape index (κ3) is 5.24. The fourth-order valence-corrected chi connectivity index (χ4v) is 5.17. The van der Waals surface area contributed by atoms with Gasteiger partial charge in [0.15, 0.2) is 0 Å². The molecule has 0 radical (unpaired) electrons. The van der Waals surface area contributed by atoms with E-state index in [1.54, 1.807) is 11.1 Å². The summed E-state index contributed by atoms with van der Waals surface area (Å²) in [6.07, 6.45) is 7.24. The van der Waals surface area contributed by atoms with Crippen LogP contribution >= 0.6 is 17.0 Å². The van der Waals surface area contributed by atoms with Gasteiger partial charge in [0.2, 0.25) is 0 Å². The Labute approximate surface area is 213 Å². The third-order valence-corrected chi connectivity index (χ3v) is 6.58. The molecule has 4 rings (SSSR count). The summed E-state index contributed by atoms with van der Waals surface area (Å²) in [6.45, 7) is 16.0. The predicted octanol–water partition coefficient (Wildman–Crippen LogP) is 8.78. The molecule has 172 valence electrons. The Hall–Kier alpha value is -0.557. The van der Waals surface area contributed by atoms with Crippen molar-refractivity contribution in [2.45, 2.75) is 85.0 Å². The molecule has 2 aliphatic rings. The molecule has 2 aliphatic carbocycles. The monoisotopic (exact) mass is 548 g/mol. The zero-order valence-corrected chi connectivity index (χ0v) is 24.8. The molecule has 0 N–H and O–H groups in total. The SMILES string of the molecule is COc1c(C(C)(C)C)cc(-c2c3c(cc4c2CCC4)CC(C)=C3)cc1C(C)(C)C.[Cl][Zr][Cl]. The van der Waals surface area contributed by atoms with Crippen molar-refractivity contribution < 1.29 is 25.6 Å². The summed E-state index contributed by atoms with van der Waals surface area (Å²) in [5, 5.41) is 0. The molecular formula is C28H36Cl2OZr. The van der Waals surface area contributed by atoms with Crippen LogP contribution in [0.2, 0.25) is 0 Å². The quantitative estimate of drug-likeness (QED) is 0.363. The molecule has 32 heavy (non-hydrogen) atoms. The second-order valence-corrected chi connectivity index (χ2v) is 14.9. The fourth-order valence-electron chi connectivity index (χ4n) is 5.17. The molecule has 4 heteroatoms. The molecular weight excluding hydrogens is 514 g/mol. The summed E-state index contributed by atoms with van der Waals surface area (Å²) in [5.41, 5.74) is 13.2. The molecule has 0 heterocycles. The van der Waals surface area contributed by atoms with E-state index in [1.807, 2.05) is 7.11 Å². The van der Waals surface area contributed by atoms with Crippen molar-refractivity contribution >= 4 is 23.1 Å². The van der Waals surface area contributed by atoms with Crippen molar-refractivity contribution in [3.05, 3.63) is 57.2 Å². The maximum atomic E-state index is 6.01. The molecule has 0 amide bonds. The normalized spacial score (nSPS) is 14.9. The van der Waals surface area contributed by atoms with Crippen LogP contribution in [0.5, 0.6) is 5.75 Å². The van der Waals surface area contributed by atoms with Crippen molar-refractivity contribution in [3.63, 3.8) is 0 Å². The van der Waals surface area contributed by atoms with Crippen LogP contribution in [-0.4, -0.2) is 7.11 Å². The third-order valence-electron chi connectivity index (χ3n) is 6.58. The summed E-state index contributed by atoms with van der Waals surface area (Å²) >= 11 is -0.826. The number of aryl methyl sites for hydroxylation is 1. The minimum absolute atomic E-state index is 0.0221. The van der Waals surface area contributed by atoms with Crippen molar-refractivity contribution in [1.82, 2.24) is 0 Å². The number of halogens is 2. The molecule has 0 saturated carbocycles. The van der Waals surface area contributed by atoms with E-state index in [9.17, 15) is 0 Å². The first-order valence-electron chi connectivity index (χ1n) is 11.5. The number of rotatable bonds is 2. The van der Waals surface area contributed by atoms with Gasteiger partial charge in [-0.2, -0.15) is 0 Å². The van der Waals surface area contributed by atoms with Gasteiger partial charge in [-0.15, -0.1) is 0 Å². The summed E-state index contributed by atoms with van der Waals surface area (Å²) in [7, 11) is 11.7. The Balaban J connectivity index is 0.000000913. The first kappa shape index (κ1) is 26.1. The molecule has 0 fully saturated rings. The van der Waals surface area contributed by atoms with Gasteiger partial charge in [0, 0.05) is 11.1 Å². The zero-order chi connectivity index (χ0) is 23.8. The van der Waals surface area contributed by atoms with Crippen molar-refractivity contribution in [2.75, 3.05) is 7.11 Å². The second kappa shape index (κ2) is 9.97. The van der Waals surface area contributed by atoms with Gasteiger partial charge in [0.25, 0.3) is 0 Å². The Morgan fingerprint density at radius 3 is 1.94 bits per heavy atom. The van der Waals surface area contributed by atoms with Crippen LogP contribution in [0, 0.1) is 0 Å². The second-order valence-electron chi connectivity index (χ2n) is 11.2. The summed E-state index contributed by atoms with van der Waals surface area (Å²) in [6, 6.07) is 7.33. The van der Waals surface area contributed by atoms with E-state index in [0.29, 0.717) is 0 Å². The summed E-state index contributed by atoms with van der Waals surface area (Å²) in [5.74, 6) is 1.06. The number of hydrogen-bond donors (Lipinski definition) is 0. The summed E-state index contributed by atoms with van der Waals surface area (Å²) in [4.78, 5) is 0. The van der Waals surface area contributed by atoms with Gasteiger partial charge in [-0.1, -0.05) is 59.3 Å². The topological polar surface area (TPSA) is 9.23 Å². The first-order valence-corrected chi connectivity index (χ1v) is 17.8. The average Bonchev–Trinajstić information content (AvgIpc) is 3.29. The molecule has 2 aromatic carbocycles.